The van der Waals surface area contributed by atoms with Gasteiger partial charge in [-0.1, -0.05) is 36.4 Å². The zero-order valence-electron chi connectivity index (χ0n) is 15.4. The van der Waals surface area contributed by atoms with E-state index in [0.29, 0.717) is 9.88 Å². The summed E-state index contributed by atoms with van der Waals surface area (Å²) in [5.41, 5.74) is 0.0646. The van der Waals surface area contributed by atoms with Crippen LogP contribution in [0.5, 0.6) is 0 Å². The Kier molecular flexibility index (Phi) is 5.22. The van der Waals surface area contributed by atoms with Gasteiger partial charge in [-0.3, -0.25) is 29.4 Å². The van der Waals surface area contributed by atoms with Crippen LogP contribution in [0.3, 0.4) is 0 Å². The number of nitrogens with zero attached hydrogens (tertiary/aromatic N) is 1. The van der Waals surface area contributed by atoms with Gasteiger partial charge in [-0.2, -0.15) is 0 Å². The van der Waals surface area contributed by atoms with Gasteiger partial charge in [0.25, 0.3) is 17.0 Å². The predicted octanol–water partition coefficient (Wildman–Crippen LogP) is 1.71. The Bertz CT molecular complexity index is 1360. The highest BCUT2D eigenvalue weighted by Crippen LogP contribution is 2.24. The number of anilines is 1. The van der Waals surface area contributed by atoms with Gasteiger partial charge < -0.3 is 10.6 Å². The minimum atomic E-state index is -0.539. The fraction of sp³-hybridized carbons (Fsp3) is 0.0500. The third-order valence-corrected chi connectivity index (χ3v) is 5.30. The van der Waals surface area contributed by atoms with Crippen LogP contribution in [-0.2, 0) is 4.79 Å². The first-order chi connectivity index (χ1) is 14.5. The molecule has 0 saturated heterocycles. The third kappa shape index (κ3) is 3.89. The van der Waals surface area contributed by atoms with Crippen molar-refractivity contribution in [2.45, 2.75) is 0 Å². The summed E-state index contributed by atoms with van der Waals surface area (Å²) in [6.45, 7) is -0.311. The Morgan fingerprint density at radius 3 is 2.53 bits per heavy atom. The Morgan fingerprint density at radius 1 is 0.967 bits per heavy atom. The summed E-state index contributed by atoms with van der Waals surface area (Å²) in [6, 6.07) is 14.0. The van der Waals surface area contributed by atoms with Crippen molar-refractivity contribution in [3.05, 3.63) is 80.3 Å². The summed E-state index contributed by atoms with van der Waals surface area (Å²) in [7, 11) is 0. The van der Waals surface area contributed by atoms with E-state index in [0.717, 1.165) is 5.56 Å². The maximum Gasteiger partial charge on any atom is 0.272 e. The molecular weight excluding hydrogens is 406 g/mol. The number of fused-ring (bicyclic) bond motifs is 1. The highest BCUT2D eigenvalue weighted by molar-refractivity contribution is 7.16. The van der Waals surface area contributed by atoms with Crippen LogP contribution in [0.25, 0.3) is 21.3 Å². The van der Waals surface area contributed by atoms with E-state index in [2.05, 4.69) is 25.8 Å². The van der Waals surface area contributed by atoms with Crippen LogP contribution >= 0.6 is 11.3 Å². The molecule has 0 saturated carbocycles. The van der Waals surface area contributed by atoms with Crippen LogP contribution < -0.4 is 21.8 Å². The Balaban J connectivity index is 1.44. The number of benzene rings is 2. The second-order valence-corrected chi connectivity index (χ2v) is 7.29. The number of amides is 2. The average Bonchev–Trinajstić information content (AvgIpc) is 3.26. The zero-order valence-corrected chi connectivity index (χ0v) is 16.2. The van der Waals surface area contributed by atoms with Crippen LogP contribution in [0.15, 0.2) is 64.3 Å². The van der Waals surface area contributed by atoms with E-state index in [4.69, 9.17) is 0 Å². The van der Waals surface area contributed by atoms with E-state index in [9.17, 15) is 19.2 Å². The van der Waals surface area contributed by atoms with Gasteiger partial charge in [0.1, 0.15) is 9.88 Å². The second kappa shape index (κ2) is 8.13. The molecule has 4 rings (SSSR count). The van der Waals surface area contributed by atoms with Crippen LogP contribution in [0, 0.1) is 0 Å². The molecule has 9 nitrogen and oxygen atoms in total. The first-order valence-corrected chi connectivity index (χ1v) is 9.67. The van der Waals surface area contributed by atoms with Crippen molar-refractivity contribution < 1.29 is 9.59 Å². The zero-order chi connectivity index (χ0) is 21.1. The molecule has 2 amide bonds. The number of nitrogens with one attached hydrogen (secondary N) is 4. The Morgan fingerprint density at radius 2 is 1.73 bits per heavy atom. The number of thiazole rings is 1. The van der Waals surface area contributed by atoms with Gasteiger partial charge in [0.2, 0.25) is 5.91 Å². The molecule has 2 heterocycles. The van der Waals surface area contributed by atoms with E-state index in [1.54, 1.807) is 6.07 Å². The van der Waals surface area contributed by atoms with Gasteiger partial charge in [0.05, 0.1) is 29.2 Å². The van der Waals surface area contributed by atoms with Crippen LogP contribution in [0.2, 0.25) is 0 Å². The lowest BCUT2D eigenvalue weighted by atomic mass is 10.1. The summed E-state index contributed by atoms with van der Waals surface area (Å²) in [5.74, 6) is -0.972. The van der Waals surface area contributed by atoms with Crippen molar-refractivity contribution in [1.82, 2.24) is 20.5 Å². The molecule has 0 aliphatic carbocycles. The molecule has 0 fully saturated rings. The minimum Gasteiger partial charge on any atom is -0.342 e. The quantitative estimate of drug-likeness (QED) is 0.389. The molecule has 30 heavy (non-hydrogen) atoms. The number of hydrogen-bond acceptors (Lipinski definition) is 6. The molecule has 0 aliphatic rings. The number of carbonyl (C=O) groups excluding carboxylic acids is 2. The third-order valence-electron chi connectivity index (χ3n) is 4.26. The molecule has 0 spiro atoms. The molecule has 4 aromatic rings. The standard InChI is InChI=1S/C20H15N5O4S/c26-15(23-13-8-4-7-12-16(13)19(29)25-24-17(12)27)10-21-18(28)14-9-22-20(30-14)11-5-2-1-3-6-11/h1-9H,10H2,(H,21,28)(H,23,26)(H,24,27)(H,25,29). The number of hydrogen-bond donors (Lipinski definition) is 4. The number of rotatable bonds is 5. The second-order valence-electron chi connectivity index (χ2n) is 6.26. The molecule has 0 radical (unpaired) electrons. The Hall–Kier alpha value is -4.05. The monoisotopic (exact) mass is 421 g/mol. The normalized spacial score (nSPS) is 10.7. The maximum absolute atomic E-state index is 12.3. The molecule has 2 aromatic heterocycles. The van der Waals surface area contributed by atoms with E-state index in [1.807, 2.05) is 30.3 Å². The van der Waals surface area contributed by atoms with Crippen molar-refractivity contribution in [3.8, 4) is 10.6 Å². The van der Waals surface area contributed by atoms with Crippen molar-refractivity contribution in [2.75, 3.05) is 11.9 Å². The van der Waals surface area contributed by atoms with Crippen molar-refractivity contribution >= 4 is 39.6 Å². The van der Waals surface area contributed by atoms with Gasteiger partial charge in [0, 0.05) is 5.56 Å². The lowest BCUT2D eigenvalue weighted by Gasteiger charge is -2.08. The lowest BCUT2D eigenvalue weighted by Crippen LogP contribution is -2.32. The van der Waals surface area contributed by atoms with E-state index in [-0.39, 0.29) is 23.0 Å². The number of aromatic amines is 2. The van der Waals surface area contributed by atoms with Crippen molar-refractivity contribution in [3.63, 3.8) is 0 Å². The molecule has 4 N–H and O–H groups in total. The highest BCUT2D eigenvalue weighted by atomic mass is 32.1. The van der Waals surface area contributed by atoms with Crippen LogP contribution in [0.4, 0.5) is 5.69 Å². The summed E-state index contributed by atoms with van der Waals surface area (Å²) in [5, 5.41) is 10.4. The molecule has 150 valence electrons. The number of aromatic nitrogens is 3. The molecule has 0 bridgehead atoms. The summed E-state index contributed by atoms with van der Waals surface area (Å²) >= 11 is 1.22. The van der Waals surface area contributed by atoms with Crippen molar-refractivity contribution in [1.29, 1.82) is 0 Å². The summed E-state index contributed by atoms with van der Waals surface area (Å²) in [6.07, 6.45) is 1.46. The van der Waals surface area contributed by atoms with E-state index >= 15 is 0 Å². The molecule has 0 aliphatic heterocycles. The number of carbonyl (C=O) groups is 2. The summed E-state index contributed by atoms with van der Waals surface area (Å²) in [4.78, 5) is 53.1. The fourth-order valence-corrected chi connectivity index (χ4v) is 3.71. The highest BCUT2D eigenvalue weighted by Gasteiger charge is 2.14. The SMILES string of the molecule is O=C(CNC(=O)c1cnc(-c2ccccc2)s1)Nc1cccc2c(=O)[nH][nH]c(=O)c12. The summed E-state index contributed by atoms with van der Waals surface area (Å²) < 4.78 is 0. The topological polar surface area (TPSA) is 137 Å². The molecule has 2 aromatic carbocycles. The molecule has 10 heteroatoms. The average molecular weight is 421 g/mol. The minimum absolute atomic E-state index is 0.0656. The van der Waals surface area contributed by atoms with Gasteiger partial charge >= 0.3 is 0 Å². The van der Waals surface area contributed by atoms with Gasteiger partial charge in [-0.15, -0.1) is 11.3 Å². The van der Waals surface area contributed by atoms with Gasteiger partial charge in [0.15, 0.2) is 0 Å². The molecule has 0 unspecified atom stereocenters. The molecule has 0 atom stereocenters. The fourth-order valence-electron chi connectivity index (χ4n) is 2.87. The first kappa shape index (κ1) is 19.3. The Labute approximate surface area is 172 Å². The smallest absolute Gasteiger partial charge is 0.272 e. The van der Waals surface area contributed by atoms with Crippen molar-refractivity contribution in [2.24, 2.45) is 0 Å². The number of H-pyrrole nitrogens is 2. The lowest BCUT2D eigenvalue weighted by molar-refractivity contribution is -0.115. The van der Waals surface area contributed by atoms with Gasteiger partial charge in [-0.05, 0) is 12.1 Å². The first-order valence-electron chi connectivity index (χ1n) is 8.86. The van der Waals surface area contributed by atoms with Gasteiger partial charge in [-0.25, -0.2) is 4.98 Å². The van der Waals surface area contributed by atoms with Crippen LogP contribution in [0.1, 0.15) is 9.67 Å². The van der Waals surface area contributed by atoms with E-state index in [1.165, 1.54) is 29.7 Å². The van der Waals surface area contributed by atoms with Crippen LogP contribution in [-0.4, -0.2) is 33.5 Å². The maximum atomic E-state index is 12.3. The van der Waals surface area contributed by atoms with E-state index < -0.39 is 22.9 Å². The molecular formula is C20H15N5O4S. The largest absolute Gasteiger partial charge is 0.342 e. The predicted molar refractivity (Wildman–Crippen MR) is 114 cm³/mol.